The molecule has 3 heteroatoms. The maximum Gasteiger partial charge on any atom is 0.131 e. The van der Waals surface area contributed by atoms with E-state index in [1.54, 1.807) is 0 Å². The number of fused-ring (bicyclic) bond motifs is 2. The Kier molecular flexibility index (Phi) is 5.34. The van der Waals surface area contributed by atoms with Crippen molar-refractivity contribution in [1.29, 1.82) is 0 Å². The first-order chi connectivity index (χ1) is 13.8. The van der Waals surface area contributed by atoms with E-state index in [1.165, 1.54) is 24.8 Å². The first kappa shape index (κ1) is 18.2. The molecule has 140 valence electrons. The molecule has 1 N–H and O–H groups in total. The van der Waals surface area contributed by atoms with Crippen molar-refractivity contribution in [3.63, 3.8) is 0 Å². The fourth-order valence-electron chi connectivity index (χ4n) is 3.61. The molecule has 0 atom stereocenters. The Hall–Kier alpha value is -3.20. The summed E-state index contributed by atoms with van der Waals surface area (Å²) in [4.78, 5) is 0. The number of rotatable bonds is 6. The molecule has 0 aromatic heterocycles. The minimum absolute atomic E-state index is 0.293. The van der Waals surface area contributed by atoms with Crippen LogP contribution in [0.15, 0.2) is 83.0 Å². The fraction of sp³-hybridized carbons (Fsp3) is 0.200. The molecule has 0 aliphatic rings. The maximum absolute atomic E-state index is 10.7. The van der Waals surface area contributed by atoms with Gasteiger partial charge < -0.3 is 5.11 Å². The minimum atomic E-state index is 0.293. The predicted octanol–water partition coefficient (Wildman–Crippen LogP) is 7.85. The van der Waals surface area contributed by atoms with Crippen LogP contribution < -0.4 is 0 Å². The number of aryl methyl sites for hydroxylation is 1. The molecular weight excluding hydrogens is 344 g/mol. The van der Waals surface area contributed by atoms with E-state index in [1.807, 2.05) is 60.7 Å². The second-order valence-electron chi connectivity index (χ2n) is 7.11. The van der Waals surface area contributed by atoms with Gasteiger partial charge >= 0.3 is 0 Å². The highest BCUT2D eigenvalue weighted by Gasteiger charge is 2.12. The van der Waals surface area contributed by atoms with E-state index in [9.17, 15) is 5.11 Å². The standard InChI is InChI=1S/C25H24N2O/c1-2-3-4-9-18-14-16-19(17-15-18)26-27-24-20-10-5-7-12-22(20)25(28)23-13-8-6-11-21(23)24/h5-8,10-17,28H,2-4,9H2,1H3. The molecule has 0 bridgehead atoms. The summed E-state index contributed by atoms with van der Waals surface area (Å²) in [7, 11) is 0. The average molecular weight is 368 g/mol. The zero-order valence-electron chi connectivity index (χ0n) is 16.1. The SMILES string of the molecule is CCCCCc1ccc(N=Nc2c3ccccc3c(O)c3ccccc23)cc1. The van der Waals surface area contributed by atoms with Crippen LogP contribution >= 0.6 is 0 Å². The lowest BCUT2D eigenvalue weighted by atomic mass is 10.00. The van der Waals surface area contributed by atoms with Gasteiger partial charge in [0.1, 0.15) is 11.4 Å². The monoisotopic (exact) mass is 368 g/mol. The molecule has 0 heterocycles. The number of azo groups is 1. The van der Waals surface area contributed by atoms with Gasteiger partial charge in [-0.2, -0.15) is 5.11 Å². The van der Waals surface area contributed by atoms with E-state index in [0.29, 0.717) is 5.75 Å². The van der Waals surface area contributed by atoms with Crippen LogP contribution in [-0.4, -0.2) is 5.11 Å². The van der Waals surface area contributed by atoms with E-state index in [4.69, 9.17) is 0 Å². The molecule has 0 fully saturated rings. The van der Waals surface area contributed by atoms with Crippen molar-refractivity contribution >= 4 is 32.9 Å². The normalized spacial score (nSPS) is 11.6. The van der Waals surface area contributed by atoms with Crippen LogP contribution in [0.1, 0.15) is 31.7 Å². The van der Waals surface area contributed by atoms with Crippen LogP contribution in [0, 0.1) is 0 Å². The first-order valence-electron chi connectivity index (χ1n) is 9.91. The molecule has 3 nitrogen and oxygen atoms in total. The zero-order valence-corrected chi connectivity index (χ0v) is 16.1. The van der Waals surface area contributed by atoms with Crippen molar-refractivity contribution in [1.82, 2.24) is 0 Å². The van der Waals surface area contributed by atoms with Gasteiger partial charge in [0.25, 0.3) is 0 Å². The van der Waals surface area contributed by atoms with Gasteiger partial charge in [-0.25, -0.2) is 0 Å². The quantitative estimate of drug-likeness (QED) is 0.210. The molecule has 0 saturated carbocycles. The van der Waals surface area contributed by atoms with Crippen LogP contribution in [0.5, 0.6) is 5.75 Å². The Labute approximate surface area is 165 Å². The van der Waals surface area contributed by atoms with E-state index < -0.39 is 0 Å². The van der Waals surface area contributed by atoms with E-state index in [-0.39, 0.29) is 0 Å². The number of phenols is 1. The van der Waals surface area contributed by atoms with Crippen LogP contribution in [0.3, 0.4) is 0 Å². The Morgan fingerprint density at radius 1 is 0.679 bits per heavy atom. The predicted molar refractivity (Wildman–Crippen MR) is 117 cm³/mol. The summed E-state index contributed by atoms with van der Waals surface area (Å²) in [5.74, 6) is 0.293. The lowest BCUT2D eigenvalue weighted by molar-refractivity contribution is 0.488. The second-order valence-corrected chi connectivity index (χ2v) is 7.11. The number of nitrogens with zero attached hydrogens (tertiary/aromatic N) is 2. The number of hydrogen-bond donors (Lipinski definition) is 1. The molecule has 4 rings (SSSR count). The van der Waals surface area contributed by atoms with E-state index in [0.717, 1.165) is 39.3 Å². The highest BCUT2D eigenvalue weighted by atomic mass is 16.3. The smallest absolute Gasteiger partial charge is 0.131 e. The first-order valence-corrected chi connectivity index (χ1v) is 9.91. The minimum Gasteiger partial charge on any atom is -0.507 e. The second kappa shape index (κ2) is 8.22. The molecule has 0 amide bonds. The van der Waals surface area contributed by atoms with Gasteiger partial charge in [-0.05, 0) is 30.5 Å². The fourth-order valence-corrected chi connectivity index (χ4v) is 3.61. The molecule has 0 spiro atoms. The summed E-state index contributed by atoms with van der Waals surface area (Å²) in [5, 5.41) is 23.1. The van der Waals surface area contributed by atoms with E-state index >= 15 is 0 Å². The van der Waals surface area contributed by atoms with Crippen molar-refractivity contribution in [3.05, 3.63) is 78.4 Å². The number of aromatic hydroxyl groups is 1. The molecule has 0 radical (unpaired) electrons. The summed E-state index contributed by atoms with van der Waals surface area (Å²) in [5.41, 5.74) is 2.96. The summed E-state index contributed by atoms with van der Waals surface area (Å²) in [6.45, 7) is 2.22. The Bertz CT molecular complexity index is 1070. The molecule has 0 aliphatic carbocycles. The summed E-state index contributed by atoms with van der Waals surface area (Å²) in [6.07, 6.45) is 4.84. The van der Waals surface area contributed by atoms with Crippen molar-refractivity contribution in [2.45, 2.75) is 32.6 Å². The van der Waals surface area contributed by atoms with Crippen molar-refractivity contribution < 1.29 is 5.11 Å². The third-order valence-electron chi connectivity index (χ3n) is 5.15. The molecule has 0 unspecified atom stereocenters. The third-order valence-corrected chi connectivity index (χ3v) is 5.15. The molecule has 0 saturated heterocycles. The molecule has 28 heavy (non-hydrogen) atoms. The molecular formula is C25H24N2O. The van der Waals surface area contributed by atoms with Crippen LogP contribution in [0.25, 0.3) is 21.5 Å². The topological polar surface area (TPSA) is 45.0 Å². The zero-order chi connectivity index (χ0) is 19.3. The Morgan fingerprint density at radius 2 is 1.25 bits per heavy atom. The van der Waals surface area contributed by atoms with Gasteiger partial charge in [-0.3, -0.25) is 0 Å². The van der Waals surface area contributed by atoms with Gasteiger partial charge in [0.2, 0.25) is 0 Å². The van der Waals surface area contributed by atoms with Crippen molar-refractivity contribution in [3.8, 4) is 5.75 Å². The van der Waals surface area contributed by atoms with E-state index in [2.05, 4.69) is 29.3 Å². The van der Waals surface area contributed by atoms with Gasteiger partial charge in [0, 0.05) is 21.5 Å². The number of phenolic OH excluding ortho intramolecular Hbond substituents is 1. The van der Waals surface area contributed by atoms with Gasteiger partial charge in [-0.1, -0.05) is 80.4 Å². The molecule has 0 aliphatic heterocycles. The molecule has 4 aromatic rings. The lowest BCUT2D eigenvalue weighted by Gasteiger charge is -2.09. The van der Waals surface area contributed by atoms with Crippen molar-refractivity contribution in [2.75, 3.05) is 0 Å². The summed E-state index contributed by atoms with van der Waals surface area (Å²) >= 11 is 0. The highest BCUT2D eigenvalue weighted by Crippen LogP contribution is 2.42. The largest absolute Gasteiger partial charge is 0.507 e. The maximum atomic E-state index is 10.7. The van der Waals surface area contributed by atoms with Gasteiger partial charge in [-0.15, -0.1) is 5.11 Å². The van der Waals surface area contributed by atoms with Crippen LogP contribution in [-0.2, 0) is 6.42 Å². The van der Waals surface area contributed by atoms with Crippen LogP contribution in [0.4, 0.5) is 11.4 Å². The number of unbranched alkanes of at least 4 members (excludes halogenated alkanes) is 2. The highest BCUT2D eigenvalue weighted by molar-refractivity contribution is 6.14. The van der Waals surface area contributed by atoms with Crippen LogP contribution in [0.2, 0.25) is 0 Å². The average Bonchev–Trinajstić information content (AvgIpc) is 2.75. The number of benzene rings is 4. The van der Waals surface area contributed by atoms with Gasteiger partial charge in [0.05, 0.1) is 5.69 Å². The Morgan fingerprint density at radius 3 is 1.82 bits per heavy atom. The van der Waals surface area contributed by atoms with Crippen molar-refractivity contribution in [2.24, 2.45) is 10.2 Å². The summed E-state index contributed by atoms with van der Waals surface area (Å²) < 4.78 is 0. The third kappa shape index (κ3) is 3.61. The Balaban J connectivity index is 1.71. The lowest BCUT2D eigenvalue weighted by Crippen LogP contribution is -1.84. The molecule has 4 aromatic carbocycles. The summed E-state index contributed by atoms with van der Waals surface area (Å²) in [6, 6.07) is 23.9. The number of hydrogen-bond acceptors (Lipinski definition) is 3. The van der Waals surface area contributed by atoms with Gasteiger partial charge in [0.15, 0.2) is 0 Å².